The van der Waals surface area contributed by atoms with Crippen LogP contribution in [-0.4, -0.2) is 90.8 Å². The summed E-state index contributed by atoms with van der Waals surface area (Å²) in [5.41, 5.74) is -3.44. The Morgan fingerprint density at radius 3 is 1.71 bits per heavy atom. The summed E-state index contributed by atoms with van der Waals surface area (Å²) < 4.78 is 27.6. The molecule has 73 heavy (non-hydrogen) atoms. The van der Waals surface area contributed by atoms with Crippen molar-refractivity contribution >= 4 is 149 Å². The van der Waals surface area contributed by atoms with Crippen LogP contribution in [-0.2, 0) is 28.5 Å². The van der Waals surface area contributed by atoms with Crippen LogP contribution in [0.3, 0.4) is 0 Å². The van der Waals surface area contributed by atoms with Gasteiger partial charge in [-0.1, -0.05) is 20.8 Å². The summed E-state index contributed by atoms with van der Waals surface area (Å²) in [7, 11) is 0. The molecule has 5 aliphatic rings. The third-order valence-electron chi connectivity index (χ3n) is 16.6. The van der Waals surface area contributed by atoms with Crippen molar-refractivity contribution in [3.63, 3.8) is 0 Å². The summed E-state index contributed by atoms with van der Waals surface area (Å²) in [6, 6.07) is 20.8. The zero-order valence-electron chi connectivity index (χ0n) is 40.6. The number of fused-ring (bicyclic) bond motifs is 5. The summed E-state index contributed by atoms with van der Waals surface area (Å²) in [6.45, 7) is 9.21. The summed E-state index contributed by atoms with van der Waals surface area (Å²) >= 11 is 23.3. The fraction of sp³-hybridized carbons (Fsp3) is 0.472. The number of thiocarbonyl (C=S) groups is 3. The highest BCUT2D eigenvalue weighted by atomic mass is 127. The van der Waals surface area contributed by atoms with Gasteiger partial charge < -0.3 is 29.2 Å². The highest BCUT2D eigenvalue weighted by Crippen LogP contribution is 2.69. The number of rotatable bonds is 10. The molecule has 1 saturated heterocycles. The van der Waals surface area contributed by atoms with Gasteiger partial charge in [-0.2, -0.15) is 0 Å². The van der Waals surface area contributed by atoms with Gasteiger partial charge >= 0.3 is 5.97 Å². The Hall–Kier alpha value is -3.27. The van der Waals surface area contributed by atoms with Gasteiger partial charge in [0.25, 0.3) is 33.2 Å². The maximum atomic E-state index is 14.8. The van der Waals surface area contributed by atoms with E-state index in [0.717, 1.165) is 10.7 Å². The number of carbonyl (C=O) groups excluding carboxylic acids is 5. The van der Waals surface area contributed by atoms with Crippen molar-refractivity contribution in [1.29, 1.82) is 0 Å². The fourth-order valence-electron chi connectivity index (χ4n) is 12.5. The van der Waals surface area contributed by atoms with Gasteiger partial charge in [0.1, 0.15) is 30.0 Å². The van der Waals surface area contributed by atoms with Gasteiger partial charge in [0.15, 0.2) is 5.78 Å². The predicted octanol–water partition coefficient (Wildman–Crippen LogP) is 8.92. The number of halogens is 3. The van der Waals surface area contributed by atoms with Crippen LogP contribution >= 0.6 is 104 Å². The molecule has 1 aliphatic heterocycles. The number of esters is 1. The number of hydrogen-bond donors (Lipinski definition) is 5. The molecule has 8 rings (SSSR count). The van der Waals surface area contributed by atoms with E-state index in [4.69, 9.17) is 55.6 Å². The third kappa shape index (κ3) is 11.3. The molecule has 3 aromatic carbocycles. The van der Waals surface area contributed by atoms with Crippen LogP contribution < -0.4 is 16.0 Å². The molecular weight excluding hydrogens is 1330 g/mol. The van der Waals surface area contributed by atoms with Crippen molar-refractivity contribution in [2.45, 2.75) is 115 Å². The van der Waals surface area contributed by atoms with Crippen LogP contribution in [0, 0.1) is 51.1 Å². The predicted molar refractivity (Wildman–Crippen MR) is 308 cm³/mol. The molecule has 4 aliphatic carbocycles. The van der Waals surface area contributed by atoms with Crippen molar-refractivity contribution in [1.82, 2.24) is 16.0 Å². The van der Waals surface area contributed by atoms with Crippen LogP contribution in [0.25, 0.3) is 0 Å². The van der Waals surface area contributed by atoms with Crippen LogP contribution in [0.4, 0.5) is 0 Å². The molecule has 3 aromatic rings. The molecule has 3 amide bonds. The van der Waals surface area contributed by atoms with Crippen molar-refractivity contribution in [3.05, 3.63) is 112 Å². The van der Waals surface area contributed by atoms with Gasteiger partial charge in [-0.05, 0) is 265 Å². The normalized spacial score (nSPS) is 31.4. The quantitative estimate of drug-likeness (QED) is 0.0733. The summed E-state index contributed by atoms with van der Waals surface area (Å²) in [5.74, 6) is -4.50. The van der Waals surface area contributed by atoms with Gasteiger partial charge in [-0.25, -0.2) is 0 Å². The second kappa shape index (κ2) is 22.0. The van der Waals surface area contributed by atoms with Crippen LogP contribution in [0.2, 0.25) is 0 Å². The number of benzene rings is 3. The zero-order chi connectivity index (χ0) is 52.9. The van der Waals surface area contributed by atoms with Crippen molar-refractivity contribution in [2.75, 3.05) is 0 Å². The van der Waals surface area contributed by atoms with Crippen LogP contribution in [0.1, 0.15) is 111 Å². The van der Waals surface area contributed by atoms with Crippen LogP contribution in [0.15, 0.2) is 84.4 Å². The SMILES string of the molecule is C[C@@H]1C(=O)O[C@H](C)[C@H]1C[C@@H](OC(=S)NC(=O)c1ccc(I)cc1)[C@](C)(O)[C@H]1CC[C@@]2(O)C3=CC(=O)[C@@H]4C[C@@H](OC(=S)NC(=O)c5ccc(I)cc5)[C@@H](OC(=S)NC(=O)c5ccc(I)cc5)C[C@]4(C)[C@H]3CC[C@]12C. The number of cyclic esters (lactones) is 1. The number of aliphatic hydroxyl groups is 2. The lowest BCUT2D eigenvalue weighted by molar-refractivity contribution is -0.174. The highest BCUT2D eigenvalue weighted by Gasteiger charge is 2.70. The monoisotopic (exact) mass is 1390 g/mol. The minimum absolute atomic E-state index is 0.115. The van der Waals surface area contributed by atoms with E-state index in [0.29, 0.717) is 41.5 Å². The molecule has 1 heterocycles. The van der Waals surface area contributed by atoms with E-state index in [1.54, 1.807) is 99.6 Å². The average Bonchev–Trinajstić information content (AvgIpc) is 3.75. The van der Waals surface area contributed by atoms with E-state index in [-0.39, 0.29) is 64.8 Å². The Kier molecular flexibility index (Phi) is 16.9. The molecule has 3 saturated carbocycles. The smallest absolute Gasteiger partial charge is 0.309 e. The number of carbonyl (C=O) groups is 5. The Bertz CT molecular complexity index is 2760. The first-order chi connectivity index (χ1) is 34.3. The van der Waals surface area contributed by atoms with E-state index in [2.05, 4.69) is 83.7 Å². The van der Waals surface area contributed by atoms with Crippen LogP contribution in [0.5, 0.6) is 0 Å². The molecule has 14 nitrogen and oxygen atoms in total. The van der Waals surface area contributed by atoms with Crippen molar-refractivity contribution < 1.29 is 53.1 Å². The maximum absolute atomic E-state index is 14.8. The molecule has 20 heteroatoms. The number of hydrogen-bond acceptors (Lipinski definition) is 14. The molecule has 388 valence electrons. The molecular formula is C53H56I3N3O11S3. The van der Waals surface area contributed by atoms with E-state index in [1.807, 2.05) is 13.8 Å². The van der Waals surface area contributed by atoms with Crippen molar-refractivity contribution in [2.24, 2.45) is 40.4 Å². The molecule has 0 aromatic heterocycles. The lowest BCUT2D eigenvalue weighted by Gasteiger charge is -2.61. The lowest BCUT2D eigenvalue weighted by Crippen LogP contribution is -2.63. The van der Waals surface area contributed by atoms with E-state index < -0.39 is 81.9 Å². The maximum Gasteiger partial charge on any atom is 0.309 e. The van der Waals surface area contributed by atoms with Gasteiger partial charge in [-0.3, -0.25) is 39.9 Å². The molecule has 5 N–H and O–H groups in total. The first-order valence-corrected chi connectivity index (χ1v) is 28.5. The molecule has 0 radical (unpaired) electrons. The molecule has 0 spiro atoms. The summed E-state index contributed by atoms with van der Waals surface area (Å²) in [6.07, 6.45) is 0.215. The Labute approximate surface area is 481 Å². The first kappa shape index (κ1) is 55.9. The minimum Gasteiger partial charge on any atom is -0.464 e. The topological polar surface area (TPSA) is 199 Å². The highest BCUT2D eigenvalue weighted by molar-refractivity contribution is 14.1. The Balaban J connectivity index is 1.06. The minimum atomic E-state index is -1.71. The largest absolute Gasteiger partial charge is 0.464 e. The number of nitrogens with one attached hydrogen (secondary N) is 3. The molecule has 0 bridgehead atoms. The number of ether oxygens (including phenoxy) is 4. The lowest BCUT2D eigenvalue weighted by atomic mass is 9.45. The fourth-order valence-corrected chi connectivity index (χ4v) is 14.3. The van der Waals surface area contributed by atoms with E-state index >= 15 is 0 Å². The number of ketones is 1. The first-order valence-electron chi connectivity index (χ1n) is 24.1. The second-order valence-electron chi connectivity index (χ2n) is 20.7. The van der Waals surface area contributed by atoms with Gasteiger partial charge in [0, 0.05) is 44.7 Å². The summed E-state index contributed by atoms with van der Waals surface area (Å²) in [4.78, 5) is 67.5. The molecule has 4 fully saturated rings. The second-order valence-corrected chi connectivity index (χ2v) is 25.5. The zero-order valence-corrected chi connectivity index (χ0v) is 49.5. The standard InChI is InChI=1S/C53H56I3N3O11S3/c1-26-34(27(2)67-46(26)64)22-42(70-49(73)59-45(63)30-10-16-33(56)17-11-30)52(5,65)41-19-21-53(66)36-23-38(60)37-24-39(68-47(71)57-43(61)28-6-12-31(54)13-7-28)40(25-50(37,3)35(36)18-20-51(41,53)4)69-48(72)58-44(62)29-8-14-32(55)15-9-29/h6-17,23,26-27,34-35,37,39-42,65-66H,18-22,24-25H2,1-5H3,(H,57,61,71)(H,58,62,72)(H,59,63,73)/t26-,27+,34-,35-,37-,39+,40-,41-,42+,50+,51+,52+,53+/m0/s1. The number of allylic oxidation sites excluding steroid dienone is 1. The molecule has 0 unspecified atom stereocenters. The van der Waals surface area contributed by atoms with Crippen molar-refractivity contribution in [3.8, 4) is 0 Å². The van der Waals surface area contributed by atoms with E-state index in [9.17, 15) is 34.2 Å². The van der Waals surface area contributed by atoms with Gasteiger partial charge in [0.05, 0.1) is 11.5 Å². The Morgan fingerprint density at radius 1 is 0.753 bits per heavy atom. The summed E-state index contributed by atoms with van der Waals surface area (Å²) in [5, 5.41) is 33.7. The Morgan fingerprint density at radius 2 is 1.23 bits per heavy atom. The van der Waals surface area contributed by atoms with Gasteiger partial charge in [-0.15, -0.1) is 0 Å². The third-order valence-corrected chi connectivity index (χ3v) is 19.3. The average molecular weight is 1390 g/mol. The van der Waals surface area contributed by atoms with Gasteiger partial charge in [0.2, 0.25) is 0 Å². The van der Waals surface area contributed by atoms with E-state index in [1.165, 1.54) is 0 Å². The number of amides is 3. The molecule has 13 atom stereocenters.